The number of nitrogens with one attached hydrogen (secondary N) is 1. The molecular formula is C17H17N5O2S. The molecule has 0 atom stereocenters. The molecule has 3 rings (SSSR count). The highest BCUT2D eigenvalue weighted by molar-refractivity contribution is 7.80. The number of aryl methyl sites for hydroxylation is 2. The van der Waals surface area contributed by atoms with Gasteiger partial charge in [0, 0.05) is 29.4 Å². The fraction of sp³-hybridized carbons (Fsp3) is 0.235. The van der Waals surface area contributed by atoms with Crippen LogP contribution in [0.3, 0.4) is 0 Å². The first-order chi connectivity index (χ1) is 12.0. The lowest BCUT2D eigenvalue weighted by Gasteiger charge is -2.07. The first-order valence-electron chi connectivity index (χ1n) is 7.86. The van der Waals surface area contributed by atoms with E-state index in [2.05, 4.69) is 15.0 Å². The highest BCUT2D eigenvalue weighted by Crippen LogP contribution is 2.22. The second kappa shape index (κ2) is 7.35. The van der Waals surface area contributed by atoms with Crippen molar-refractivity contribution in [1.29, 1.82) is 0 Å². The molecule has 7 nitrogen and oxygen atoms in total. The lowest BCUT2D eigenvalue weighted by atomic mass is 10.0. The van der Waals surface area contributed by atoms with E-state index in [0.29, 0.717) is 18.5 Å². The van der Waals surface area contributed by atoms with E-state index in [4.69, 9.17) is 18.0 Å². The standard InChI is InChI=1S/C17H17N5O2S/c18-15-5-2-12(22(23)24)9-11(15)1-3-13(25)4-6-16-14-7-8-19-17(14)21-10-20-16/h2,5,7-10H,1,3-4,6,18H2,(H,19,20,21). The van der Waals surface area contributed by atoms with Gasteiger partial charge in [0.1, 0.15) is 12.0 Å². The Labute approximate surface area is 149 Å². The number of benzene rings is 1. The molecule has 0 amide bonds. The molecular weight excluding hydrogens is 338 g/mol. The van der Waals surface area contributed by atoms with E-state index in [1.807, 2.05) is 12.3 Å². The van der Waals surface area contributed by atoms with Crippen LogP contribution in [0, 0.1) is 10.1 Å². The van der Waals surface area contributed by atoms with E-state index in [1.54, 1.807) is 12.4 Å². The predicted octanol–water partition coefficient (Wildman–Crippen LogP) is 3.38. The van der Waals surface area contributed by atoms with E-state index in [1.165, 1.54) is 12.1 Å². The Morgan fingerprint density at radius 3 is 2.84 bits per heavy atom. The molecule has 25 heavy (non-hydrogen) atoms. The van der Waals surface area contributed by atoms with Crippen molar-refractivity contribution in [2.24, 2.45) is 0 Å². The van der Waals surface area contributed by atoms with Gasteiger partial charge in [-0.05, 0) is 48.2 Å². The third-order valence-corrected chi connectivity index (χ3v) is 4.50. The van der Waals surface area contributed by atoms with Gasteiger partial charge in [0.25, 0.3) is 5.69 Å². The third kappa shape index (κ3) is 3.97. The van der Waals surface area contributed by atoms with Crippen molar-refractivity contribution in [3.05, 3.63) is 58.2 Å². The van der Waals surface area contributed by atoms with Crippen molar-refractivity contribution in [3.63, 3.8) is 0 Å². The van der Waals surface area contributed by atoms with Crippen molar-refractivity contribution in [2.45, 2.75) is 25.7 Å². The number of rotatable bonds is 7. The number of H-pyrrole nitrogens is 1. The summed E-state index contributed by atoms with van der Waals surface area (Å²) in [7, 11) is 0. The van der Waals surface area contributed by atoms with Crippen LogP contribution >= 0.6 is 12.2 Å². The fourth-order valence-electron chi connectivity index (χ4n) is 2.70. The molecule has 0 aliphatic carbocycles. The van der Waals surface area contributed by atoms with Gasteiger partial charge in [0.2, 0.25) is 0 Å². The van der Waals surface area contributed by atoms with Crippen LogP contribution in [0.5, 0.6) is 0 Å². The topological polar surface area (TPSA) is 111 Å². The molecule has 0 bridgehead atoms. The number of fused-ring (bicyclic) bond motifs is 1. The zero-order valence-electron chi connectivity index (χ0n) is 13.4. The van der Waals surface area contributed by atoms with E-state index in [9.17, 15) is 10.1 Å². The van der Waals surface area contributed by atoms with Gasteiger partial charge >= 0.3 is 0 Å². The highest BCUT2D eigenvalue weighted by atomic mass is 32.1. The van der Waals surface area contributed by atoms with Crippen molar-refractivity contribution < 1.29 is 4.92 Å². The van der Waals surface area contributed by atoms with Crippen LogP contribution in [0.25, 0.3) is 11.0 Å². The number of nitrogens with two attached hydrogens (primary N) is 1. The Morgan fingerprint density at radius 2 is 2.04 bits per heavy atom. The first-order valence-corrected chi connectivity index (χ1v) is 8.27. The molecule has 8 heteroatoms. The van der Waals surface area contributed by atoms with E-state index < -0.39 is 4.92 Å². The lowest BCUT2D eigenvalue weighted by molar-refractivity contribution is -0.384. The molecule has 0 saturated carbocycles. The molecule has 0 saturated heterocycles. The number of thiocarbonyl (C=S) groups is 1. The molecule has 0 spiro atoms. The fourth-order valence-corrected chi connectivity index (χ4v) is 2.91. The average Bonchev–Trinajstić information content (AvgIpc) is 3.08. The monoisotopic (exact) mass is 355 g/mol. The second-order valence-electron chi connectivity index (χ2n) is 5.74. The van der Waals surface area contributed by atoms with Gasteiger partial charge in [0.05, 0.1) is 10.6 Å². The molecule has 2 aromatic heterocycles. The largest absolute Gasteiger partial charge is 0.398 e. The normalized spacial score (nSPS) is 10.9. The Balaban J connectivity index is 1.59. The summed E-state index contributed by atoms with van der Waals surface area (Å²) in [5, 5.41) is 11.9. The number of nitro groups is 1. The van der Waals surface area contributed by atoms with E-state index >= 15 is 0 Å². The molecule has 3 N–H and O–H groups in total. The number of aromatic nitrogens is 3. The number of aromatic amines is 1. The third-order valence-electron chi connectivity index (χ3n) is 4.09. The minimum absolute atomic E-state index is 0.0472. The maximum Gasteiger partial charge on any atom is 0.269 e. The predicted molar refractivity (Wildman–Crippen MR) is 101 cm³/mol. The lowest BCUT2D eigenvalue weighted by Crippen LogP contribution is -2.04. The van der Waals surface area contributed by atoms with Crippen LogP contribution in [0.4, 0.5) is 11.4 Å². The first kappa shape index (κ1) is 17.0. The molecule has 0 aliphatic heterocycles. The maximum absolute atomic E-state index is 10.9. The maximum atomic E-state index is 10.9. The van der Waals surface area contributed by atoms with Crippen molar-refractivity contribution in [2.75, 3.05) is 5.73 Å². The molecule has 0 unspecified atom stereocenters. The minimum atomic E-state index is -0.418. The summed E-state index contributed by atoms with van der Waals surface area (Å²) in [4.78, 5) is 22.9. The molecule has 3 aromatic rings. The Morgan fingerprint density at radius 1 is 1.24 bits per heavy atom. The molecule has 1 aromatic carbocycles. The summed E-state index contributed by atoms with van der Waals surface area (Å²) in [5.74, 6) is 0. The summed E-state index contributed by atoms with van der Waals surface area (Å²) >= 11 is 5.46. The highest BCUT2D eigenvalue weighted by Gasteiger charge is 2.11. The van der Waals surface area contributed by atoms with Gasteiger partial charge in [-0.2, -0.15) is 0 Å². The van der Waals surface area contributed by atoms with Crippen molar-refractivity contribution in [3.8, 4) is 0 Å². The number of nitrogens with zero attached hydrogens (tertiary/aromatic N) is 3. The second-order valence-corrected chi connectivity index (χ2v) is 6.32. The molecule has 0 aliphatic rings. The van der Waals surface area contributed by atoms with Gasteiger partial charge in [-0.1, -0.05) is 12.2 Å². The Hall–Kier alpha value is -2.87. The van der Waals surface area contributed by atoms with Crippen LogP contribution in [0.1, 0.15) is 24.1 Å². The number of nitro benzene ring substituents is 1. The van der Waals surface area contributed by atoms with E-state index in [0.717, 1.165) is 40.0 Å². The summed E-state index contributed by atoms with van der Waals surface area (Å²) in [6, 6.07) is 6.46. The number of hydrogen-bond acceptors (Lipinski definition) is 6. The Bertz CT molecular complexity index is 938. The number of nitrogen functional groups attached to an aromatic ring is 1. The van der Waals surface area contributed by atoms with Crippen LogP contribution in [0.15, 0.2) is 36.8 Å². The zero-order valence-corrected chi connectivity index (χ0v) is 14.3. The quantitative estimate of drug-likeness (QED) is 0.291. The Kier molecular flexibility index (Phi) is 4.99. The zero-order chi connectivity index (χ0) is 17.8. The van der Waals surface area contributed by atoms with Gasteiger partial charge in [-0.15, -0.1) is 0 Å². The van der Waals surface area contributed by atoms with Crippen LogP contribution in [0.2, 0.25) is 0 Å². The van der Waals surface area contributed by atoms with E-state index in [-0.39, 0.29) is 5.69 Å². The SMILES string of the molecule is Nc1ccc([N+](=O)[O-])cc1CCC(=S)CCc1ncnc2[nH]ccc12. The van der Waals surface area contributed by atoms with Gasteiger partial charge < -0.3 is 10.7 Å². The van der Waals surface area contributed by atoms with Gasteiger partial charge in [-0.3, -0.25) is 10.1 Å². The summed E-state index contributed by atoms with van der Waals surface area (Å²) in [6.45, 7) is 0. The summed E-state index contributed by atoms with van der Waals surface area (Å²) in [6.07, 6.45) is 6.09. The molecule has 2 heterocycles. The number of hydrogen-bond donors (Lipinski definition) is 2. The number of anilines is 1. The van der Waals surface area contributed by atoms with Crippen LogP contribution < -0.4 is 5.73 Å². The van der Waals surface area contributed by atoms with Crippen LogP contribution in [-0.4, -0.2) is 24.7 Å². The van der Waals surface area contributed by atoms with Gasteiger partial charge in [-0.25, -0.2) is 9.97 Å². The smallest absolute Gasteiger partial charge is 0.269 e. The molecule has 0 radical (unpaired) electrons. The van der Waals surface area contributed by atoms with Gasteiger partial charge in [0.15, 0.2) is 0 Å². The average molecular weight is 355 g/mol. The van der Waals surface area contributed by atoms with Crippen molar-refractivity contribution in [1.82, 2.24) is 15.0 Å². The summed E-state index contributed by atoms with van der Waals surface area (Å²) in [5.41, 5.74) is 9.04. The minimum Gasteiger partial charge on any atom is -0.398 e. The van der Waals surface area contributed by atoms with Crippen LogP contribution in [-0.2, 0) is 12.8 Å². The van der Waals surface area contributed by atoms with Crippen molar-refractivity contribution >= 4 is 39.5 Å². The molecule has 0 fully saturated rings. The summed E-state index contributed by atoms with van der Waals surface area (Å²) < 4.78 is 0. The molecule has 128 valence electrons. The number of non-ortho nitro benzene ring substituents is 1.